The van der Waals surface area contributed by atoms with Crippen molar-refractivity contribution in [1.82, 2.24) is 10.2 Å². The maximum Gasteiger partial charge on any atom is 0.233 e. The van der Waals surface area contributed by atoms with Crippen LogP contribution in [0.1, 0.15) is 31.9 Å². The largest absolute Gasteiger partial charge is 0.473 e. The molecule has 0 aliphatic heterocycles. The van der Waals surface area contributed by atoms with Gasteiger partial charge in [-0.3, -0.25) is 0 Å². The molecule has 0 amide bonds. The third-order valence-corrected chi connectivity index (χ3v) is 3.60. The van der Waals surface area contributed by atoms with Crippen LogP contribution >= 0.6 is 11.6 Å². The van der Waals surface area contributed by atoms with Gasteiger partial charge in [-0.15, -0.1) is 10.2 Å². The van der Waals surface area contributed by atoms with Crippen LogP contribution in [0.25, 0.3) is 6.08 Å². The molecule has 2 rings (SSSR count). The Morgan fingerprint density at radius 3 is 2.86 bits per heavy atom. The van der Waals surface area contributed by atoms with E-state index >= 15 is 0 Å². The molecule has 0 N–H and O–H groups in total. The summed E-state index contributed by atoms with van der Waals surface area (Å²) in [5, 5.41) is 7.97. The zero-order chi connectivity index (χ0) is 15.1. The van der Waals surface area contributed by atoms with Gasteiger partial charge in [0.25, 0.3) is 0 Å². The Kier molecular flexibility index (Phi) is 5.93. The minimum atomic E-state index is -0.408. The second-order valence-corrected chi connectivity index (χ2v) is 5.24. The van der Waals surface area contributed by atoms with Crippen LogP contribution in [-0.4, -0.2) is 16.3 Å². The summed E-state index contributed by atoms with van der Waals surface area (Å²) in [5.41, 5.74) is 1.81. The molecule has 5 heteroatoms. The molecule has 1 aromatic rings. The molecular formula is C16H18ClFN2O. The third-order valence-electron chi connectivity index (χ3n) is 3.46. The zero-order valence-electron chi connectivity index (χ0n) is 11.9. The highest BCUT2D eigenvalue weighted by Gasteiger charge is 2.29. The van der Waals surface area contributed by atoms with Crippen LogP contribution in [0.2, 0.25) is 0 Å². The van der Waals surface area contributed by atoms with Gasteiger partial charge in [0, 0.05) is 11.6 Å². The molecule has 1 aliphatic rings. The summed E-state index contributed by atoms with van der Waals surface area (Å²) in [6.45, 7) is 2.19. The highest BCUT2D eigenvalue weighted by atomic mass is 35.5. The first-order valence-electron chi connectivity index (χ1n) is 7.02. The number of hydrogen-bond donors (Lipinski definition) is 0. The van der Waals surface area contributed by atoms with Crippen LogP contribution in [0, 0.1) is 5.92 Å². The molecule has 0 saturated heterocycles. The number of aromatic nitrogens is 2. The predicted molar refractivity (Wildman–Crippen MR) is 82.7 cm³/mol. The van der Waals surface area contributed by atoms with E-state index in [0.717, 1.165) is 18.8 Å². The molecule has 1 heterocycles. The van der Waals surface area contributed by atoms with Crippen LogP contribution in [0.4, 0.5) is 4.39 Å². The van der Waals surface area contributed by atoms with Crippen molar-refractivity contribution in [2.75, 3.05) is 0 Å². The van der Waals surface area contributed by atoms with E-state index in [1.54, 1.807) is 18.2 Å². The number of rotatable bonds is 6. The van der Waals surface area contributed by atoms with Crippen molar-refractivity contribution in [2.45, 2.75) is 32.3 Å². The van der Waals surface area contributed by atoms with Gasteiger partial charge in [0.15, 0.2) is 0 Å². The number of hydrogen-bond acceptors (Lipinski definition) is 3. The first-order chi connectivity index (χ1) is 10.2. The Balaban J connectivity index is 1.86. The third kappa shape index (κ3) is 4.97. The van der Waals surface area contributed by atoms with Gasteiger partial charge in [0.2, 0.25) is 5.88 Å². The average molecular weight is 309 g/mol. The Morgan fingerprint density at radius 1 is 1.43 bits per heavy atom. The van der Waals surface area contributed by atoms with Crippen LogP contribution in [0.5, 0.6) is 5.88 Å². The second kappa shape index (κ2) is 7.93. The minimum absolute atomic E-state index is 0.258. The molecule has 0 radical (unpaired) electrons. The van der Waals surface area contributed by atoms with E-state index in [4.69, 9.17) is 16.3 Å². The summed E-state index contributed by atoms with van der Waals surface area (Å²) in [6.07, 6.45) is 9.15. The molecule has 1 aromatic heterocycles. The lowest BCUT2D eigenvalue weighted by Gasteiger charge is -2.34. The van der Waals surface area contributed by atoms with Crippen molar-refractivity contribution in [3.63, 3.8) is 0 Å². The molecule has 1 aliphatic carbocycles. The van der Waals surface area contributed by atoms with Gasteiger partial charge in [0.1, 0.15) is 11.9 Å². The Bertz CT molecular complexity index is 534. The van der Waals surface area contributed by atoms with Gasteiger partial charge < -0.3 is 4.74 Å². The molecule has 112 valence electrons. The van der Waals surface area contributed by atoms with Gasteiger partial charge in [-0.1, -0.05) is 24.9 Å². The number of ether oxygens (including phenoxy) is 1. The molecule has 3 nitrogen and oxygen atoms in total. The van der Waals surface area contributed by atoms with Crippen molar-refractivity contribution in [3.05, 3.63) is 47.4 Å². The zero-order valence-corrected chi connectivity index (χ0v) is 12.6. The van der Waals surface area contributed by atoms with Crippen molar-refractivity contribution in [3.8, 4) is 5.88 Å². The minimum Gasteiger partial charge on any atom is -0.473 e. The number of halogens is 2. The lowest BCUT2D eigenvalue weighted by Crippen LogP contribution is -2.33. The van der Waals surface area contributed by atoms with Gasteiger partial charge in [0.05, 0.1) is 5.69 Å². The Labute approximate surface area is 129 Å². The smallest absolute Gasteiger partial charge is 0.233 e. The van der Waals surface area contributed by atoms with Crippen LogP contribution in [0.15, 0.2) is 41.7 Å². The van der Waals surface area contributed by atoms with Gasteiger partial charge in [-0.2, -0.15) is 0 Å². The SMILES string of the molecule is CCC1CC(Oc2ccc(/C=C/C(F)=C\C=C\Cl)nn2)C1. The first kappa shape index (κ1) is 15.7. The fraction of sp³-hybridized carbons (Fsp3) is 0.375. The van der Waals surface area contributed by atoms with E-state index < -0.39 is 5.83 Å². The van der Waals surface area contributed by atoms with Crippen LogP contribution in [0.3, 0.4) is 0 Å². The predicted octanol–water partition coefficient (Wildman–Crippen LogP) is 4.66. The molecule has 0 unspecified atom stereocenters. The number of allylic oxidation sites excluding steroid dienone is 4. The van der Waals surface area contributed by atoms with E-state index in [-0.39, 0.29) is 6.10 Å². The summed E-state index contributed by atoms with van der Waals surface area (Å²) in [5.74, 6) is 0.892. The molecule has 1 fully saturated rings. The van der Waals surface area contributed by atoms with Crippen molar-refractivity contribution < 1.29 is 9.13 Å². The van der Waals surface area contributed by atoms with Gasteiger partial charge >= 0.3 is 0 Å². The molecular weight excluding hydrogens is 291 g/mol. The maximum absolute atomic E-state index is 13.2. The van der Waals surface area contributed by atoms with Crippen LogP contribution in [-0.2, 0) is 0 Å². The number of nitrogens with zero attached hydrogens (tertiary/aromatic N) is 2. The van der Waals surface area contributed by atoms with Crippen molar-refractivity contribution in [2.24, 2.45) is 5.92 Å². The molecule has 0 atom stereocenters. The topological polar surface area (TPSA) is 35.0 Å². The molecule has 0 aromatic carbocycles. The van der Waals surface area contributed by atoms with Crippen LogP contribution < -0.4 is 4.74 Å². The fourth-order valence-corrected chi connectivity index (χ4v) is 2.18. The van der Waals surface area contributed by atoms with E-state index in [0.29, 0.717) is 11.6 Å². The Hall–Kier alpha value is -1.68. The summed E-state index contributed by atoms with van der Waals surface area (Å²) in [7, 11) is 0. The second-order valence-electron chi connectivity index (χ2n) is 4.99. The quantitative estimate of drug-likeness (QED) is 0.717. The molecule has 21 heavy (non-hydrogen) atoms. The normalized spacial score (nSPS) is 22.7. The average Bonchev–Trinajstić information content (AvgIpc) is 2.47. The summed E-state index contributed by atoms with van der Waals surface area (Å²) < 4.78 is 19.0. The standard InChI is InChI=1S/C16H18ClFN2O/c1-2-12-10-15(11-12)21-16-8-7-14(19-20-16)6-5-13(18)4-3-9-17/h3-9,12,15H,2,10-11H2,1H3/b6-5+,9-3+,13-4+. The highest BCUT2D eigenvalue weighted by Crippen LogP contribution is 2.32. The van der Waals surface area contributed by atoms with Crippen molar-refractivity contribution >= 4 is 17.7 Å². The maximum atomic E-state index is 13.2. The molecule has 1 saturated carbocycles. The van der Waals surface area contributed by atoms with E-state index in [9.17, 15) is 4.39 Å². The van der Waals surface area contributed by atoms with Gasteiger partial charge in [-0.05, 0) is 49.1 Å². The summed E-state index contributed by atoms with van der Waals surface area (Å²) >= 11 is 5.30. The molecule has 0 bridgehead atoms. The first-order valence-corrected chi connectivity index (χ1v) is 7.46. The lowest BCUT2D eigenvalue weighted by atomic mass is 9.80. The lowest BCUT2D eigenvalue weighted by molar-refractivity contribution is 0.0582. The fourth-order valence-electron chi connectivity index (χ4n) is 2.11. The van der Waals surface area contributed by atoms with E-state index in [1.165, 1.54) is 30.2 Å². The monoisotopic (exact) mass is 308 g/mol. The van der Waals surface area contributed by atoms with Gasteiger partial charge in [-0.25, -0.2) is 4.39 Å². The molecule has 0 spiro atoms. The summed E-state index contributed by atoms with van der Waals surface area (Å²) in [4.78, 5) is 0. The van der Waals surface area contributed by atoms with Crippen molar-refractivity contribution in [1.29, 1.82) is 0 Å². The van der Waals surface area contributed by atoms with E-state index in [1.807, 2.05) is 0 Å². The van der Waals surface area contributed by atoms with E-state index in [2.05, 4.69) is 17.1 Å². The highest BCUT2D eigenvalue weighted by molar-refractivity contribution is 6.25. The Morgan fingerprint density at radius 2 is 2.24 bits per heavy atom. The summed E-state index contributed by atoms with van der Waals surface area (Å²) in [6, 6.07) is 3.51.